The van der Waals surface area contributed by atoms with Gasteiger partial charge in [0.1, 0.15) is 5.56 Å². The number of hydrogen-bond acceptors (Lipinski definition) is 4. The highest BCUT2D eigenvalue weighted by atomic mass is 16.2. The number of amides is 1. The molecule has 2 heterocycles. The van der Waals surface area contributed by atoms with Crippen molar-refractivity contribution in [1.29, 1.82) is 0 Å². The minimum Gasteiger partial charge on any atom is -0.350 e. The van der Waals surface area contributed by atoms with Crippen LogP contribution in [0, 0.1) is 0 Å². The molecule has 0 unspecified atom stereocenters. The molecule has 0 spiro atoms. The van der Waals surface area contributed by atoms with Gasteiger partial charge in [0, 0.05) is 36.6 Å². The van der Waals surface area contributed by atoms with Gasteiger partial charge in [0.25, 0.3) is 5.91 Å². The summed E-state index contributed by atoms with van der Waals surface area (Å²) in [4.78, 5) is 28.6. The van der Waals surface area contributed by atoms with Crippen LogP contribution in [-0.2, 0) is 7.05 Å². The molecular weight excluding hydrogens is 292 g/mol. The molecule has 0 aliphatic heterocycles. The minimum absolute atomic E-state index is 0.0505. The number of pyridine rings is 2. The molecule has 1 amide bonds. The number of fused-ring (bicyclic) bond motifs is 1. The summed E-state index contributed by atoms with van der Waals surface area (Å²) >= 11 is 0. The van der Waals surface area contributed by atoms with Crippen LogP contribution in [0.4, 0.5) is 0 Å². The Labute approximate surface area is 132 Å². The van der Waals surface area contributed by atoms with Gasteiger partial charge in [0.2, 0.25) is 5.43 Å². The minimum atomic E-state index is -0.545. The molecule has 0 saturated carbocycles. The second-order valence-electron chi connectivity index (χ2n) is 4.99. The summed E-state index contributed by atoms with van der Waals surface area (Å²) in [5, 5.41) is 4.36. The van der Waals surface area contributed by atoms with Gasteiger partial charge in [-0.05, 0) is 18.2 Å². The monoisotopic (exact) mass is 306 g/mol. The van der Waals surface area contributed by atoms with Gasteiger partial charge in [-0.2, -0.15) is 5.10 Å². The fraction of sp³-hybridized carbons (Fsp3) is 0.0588. The van der Waals surface area contributed by atoms with Crippen LogP contribution in [0.2, 0.25) is 0 Å². The number of carbonyl (C=O) groups excluding carboxylic acids is 1. The highest BCUT2D eigenvalue weighted by Crippen LogP contribution is 2.10. The molecule has 0 aliphatic rings. The van der Waals surface area contributed by atoms with Crippen molar-refractivity contribution in [2.75, 3.05) is 0 Å². The Hall–Kier alpha value is -3.28. The number of aromatic nitrogens is 2. The van der Waals surface area contributed by atoms with Crippen LogP contribution in [0.15, 0.2) is 64.9 Å². The van der Waals surface area contributed by atoms with Crippen molar-refractivity contribution in [1.82, 2.24) is 15.0 Å². The molecule has 0 fully saturated rings. The van der Waals surface area contributed by atoms with Crippen LogP contribution in [0.5, 0.6) is 0 Å². The van der Waals surface area contributed by atoms with Crippen LogP contribution >= 0.6 is 0 Å². The molecule has 0 aliphatic carbocycles. The standard InChI is InChI=1S/C17H14N4O2/c1-21-11-14(16(22)13-6-2-3-7-15(13)21)17(23)20-19-10-12-5-4-8-18-9-12/h2-11H,1H3,(H,20,23)/b19-10+. The molecule has 3 aromatic rings. The Kier molecular flexibility index (Phi) is 3.97. The van der Waals surface area contributed by atoms with Crippen LogP contribution in [0.3, 0.4) is 0 Å². The molecule has 6 nitrogen and oxygen atoms in total. The van der Waals surface area contributed by atoms with Crippen molar-refractivity contribution in [3.63, 3.8) is 0 Å². The zero-order valence-corrected chi connectivity index (χ0v) is 12.4. The van der Waals surface area contributed by atoms with E-state index >= 15 is 0 Å². The SMILES string of the molecule is Cn1cc(C(=O)N/N=C/c2cccnc2)c(=O)c2ccccc21. The Morgan fingerprint density at radius 3 is 2.87 bits per heavy atom. The van der Waals surface area contributed by atoms with Gasteiger partial charge < -0.3 is 4.57 Å². The number of benzene rings is 1. The highest BCUT2D eigenvalue weighted by Gasteiger charge is 2.13. The van der Waals surface area contributed by atoms with Crippen molar-refractivity contribution in [3.05, 3.63) is 76.3 Å². The lowest BCUT2D eigenvalue weighted by Crippen LogP contribution is -2.26. The lowest BCUT2D eigenvalue weighted by molar-refractivity contribution is 0.0953. The maximum Gasteiger partial charge on any atom is 0.276 e. The Bertz CT molecular complexity index is 946. The van der Waals surface area contributed by atoms with E-state index in [1.165, 1.54) is 12.4 Å². The summed E-state index contributed by atoms with van der Waals surface area (Å²) in [6.45, 7) is 0. The largest absolute Gasteiger partial charge is 0.350 e. The summed E-state index contributed by atoms with van der Waals surface area (Å²) in [5.74, 6) is -0.545. The number of hydrazone groups is 1. The number of carbonyl (C=O) groups is 1. The summed E-state index contributed by atoms with van der Waals surface area (Å²) in [6.07, 6.45) is 6.25. The average molecular weight is 306 g/mol. The molecule has 114 valence electrons. The normalized spacial score (nSPS) is 11.0. The van der Waals surface area contributed by atoms with E-state index in [1.807, 2.05) is 12.1 Å². The highest BCUT2D eigenvalue weighted by molar-refractivity contribution is 5.97. The van der Waals surface area contributed by atoms with E-state index in [-0.39, 0.29) is 11.0 Å². The number of rotatable bonds is 3. The predicted molar refractivity (Wildman–Crippen MR) is 88.5 cm³/mol. The van der Waals surface area contributed by atoms with Gasteiger partial charge in [0.15, 0.2) is 0 Å². The Morgan fingerprint density at radius 2 is 2.09 bits per heavy atom. The van der Waals surface area contributed by atoms with Gasteiger partial charge in [-0.1, -0.05) is 18.2 Å². The molecule has 0 bridgehead atoms. The Morgan fingerprint density at radius 1 is 1.26 bits per heavy atom. The van der Waals surface area contributed by atoms with Crippen LogP contribution in [0.1, 0.15) is 15.9 Å². The quantitative estimate of drug-likeness (QED) is 0.591. The van der Waals surface area contributed by atoms with Crippen molar-refractivity contribution >= 4 is 23.0 Å². The van der Waals surface area contributed by atoms with Gasteiger partial charge >= 0.3 is 0 Å². The molecule has 0 saturated heterocycles. The fourth-order valence-electron chi connectivity index (χ4n) is 2.28. The van der Waals surface area contributed by atoms with Crippen molar-refractivity contribution < 1.29 is 4.79 Å². The van der Waals surface area contributed by atoms with Gasteiger partial charge in [-0.25, -0.2) is 5.43 Å². The summed E-state index contributed by atoms with van der Waals surface area (Å²) in [6, 6.07) is 10.7. The van der Waals surface area contributed by atoms with E-state index in [4.69, 9.17) is 0 Å². The average Bonchev–Trinajstić information content (AvgIpc) is 2.59. The second kappa shape index (κ2) is 6.23. The first kappa shape index (κ1) is 14.6. The molecule has 3 rings (SSSR count). The number of hydrogen-bond donors (Lipinski definition) is 1. The van der Waals surface area contributed by atoms with Gasteiger partial charge in [-0.3, -0.25) is 14.6 Å². The molecule has 1 aromatic carbocycles. The number of aryl methyl sites for hydroxylation is 1. The zero-order chi connectivity index (χ0) is 16.2. The molecule has 6 heteroatoms. The number of nitrogens with zero attached hydrogens (tertiary/aromatic N) is 3. The maximum absolute atomic E-state index is 12.4. The van der Waals surface area contributed by atoms with Gasteiger partial charge in [0.05, 0.1) is 11.7 Å². The van der Waals surface area contributed by atoms with Crippen molar-refractivity contribution in [2.24, 2.45) is 12.1 Å². The van der Waals surface area contributed by atoms with Gasteiger partial charge in [-0.15, -0.1) is 0 Å². The van der Waals surface area contributed by atoms with E-state index in [0.29, 0.717) is 5.39 Å². The van der Waals surface area contributed by atoms with E-state index in [9.17, 15) is 9.59 Å². The lowest BCUT2D eigenvalue weighted by Gasteiger charge is -2.07. The first-order valence-corrected chi connectivity index (χ1v) is 6.98. The summed E-state index contributed by atoms with van der Waals surface area (Å²) in [7, 11) is 1.79. The van der Waals surface area contributed by atoms with E-state index in [2.05, 4.69) is 15.5 Å². The van der Waals surface area contributed by atoms with Crippen LogP contribution < -0.4 is 10.9 Å². The third-order valence-corrected chi connectivity index (χ3v) is 3.40. The molecule has 0 atom stereocenters. The summed E-state index contributed by atoms with van der Waals surface area (Å²) in [5.41, 5.74) is 3.63. The molecule has 2 aromatic heterocycles. The first-order valence-electron chi connectivity index (χ1n) is 6.98. The van der Waals surface area contributed by atoms with E-state index in [1.54, 1.807) is 48.3 Å². The number of nitrogens with one attached hydrogen (secondary N) is 1. The van der Waals surface area contributed by atoms with Crippen LogP contribution in [0.25, 0.3) is 10.9 Å². The predicted octanol–water partition coefficient (Wildman–Crippen LogP) is 1.70. The third-order valence-electron chi connectivity index (χ3n) is 3.40. The van der Waals surface area contributed by atoms with E-state index in [0.717, 1.165) is 11.1 Å². The second-order valence-corrected chi connectivity index (χ2v) is 4.99. The lowest BCUT2D eigenvalue weighted by atomic mass is 10.1. The fourth-order valence-corrected chi connectivity index (χ4v) is 2.28. The molecule has 23 heavy (non-hydrogen) atoms. The van der Waals surface area contributed by atoms with Crippen LogP contribution in [-0.4, -0.2) is 21.7 Å². The smallest absolute Gasteiger partial charge is 0.276 e. The molecule has 0 radical (unpaired) electrons. The first-order chi connectivity index (χ1) is 11.2. The van der Waals surface area contributed by atoms with E-state index < -0.39 is 5.91 Å². The molecular formula is C17H14N4O2. The number of para-hydroxylation sites is 1. The maximum atomic E-state index is 12.4. The van der Waals surface area contributed by atoms with Crippen molar-refractivity contribution in [3.8, 4) is 0 Å². The topological polar surface area (TPSA) is 76.3 Å². The zero-order valence-electron chi connectivity index (χ0n) is 12.4. The molecule has 1 N–H and O–H groups in total. The van der Waals surface area contributed by atoms with Crippen molar-refractivity contribution in [2.45, 2.75) is 0 Å². The summed E-state index contributed by atoms with van der Waals surface area (Å²) < 4.78 is 1.75. The third kappa shape index (κ3) is 3.01. The Balaban J connectivity index is 1.88.